The van der Waals surface area contributed by atoms with Crippen LogP contribution < -0.4 is 10.5 Å². The quantitative estimate of drug-likeness (QED) is 0.871. The number of hydrogen-bond acceptors (Lipinski definition) is 2. The van der Waals surface area contributed by atoms with Gasteiger partial charge in [0.2, 0.25) is 0 Å². The average molecular weight is 233 g/mol. The second-order valence-corrected chi connectivity index (χ2v) is 6.28. The summed E-state index contributed by atoms with van der Waals surface area (Å²) in [4.78, 5) is 0. The van der Waals surface area contributed by atoms with Gasteiger partial charge in [-0.15, -0.1) is 0 Å². The first-order chi connectivity index (χ1) is 7.84. The van der Waals surface area contributed by atoms with Crippen LogP contribution in [0.4, 0.5) is 0 Å². The molecule has 0 fully saturated rings. The van der Waals surface area contributed by atoms with Crippen molar-refractivity contribution in [2.75, 3.05) is 6.54 Å². The summed E-state index contributed by atoms with van der Waals surface area (Å²) in [6, 6.07) is 6.58. The number of rotatable bonds is 3. The van der Waals surface area contributed by atoms with E-state index < -0.39 is 0 Å². The lowest BCUT2D eigenvalue weighted by Crippen LogP contribution is -2.24. The molecule has 2 N–H and O–H groups in total. The topological polar surface area (TPSA) is 35.2 Å². The van der Waals surface area contributed by atoms with Gasteiger partial charge < -0.3 is 10.5 Å². The van der Waals surface area contributed by atoms with Gasteiger partial charge in [-0.2, -0.15) is 0 Å². The highest BCUT2D eigenvalue weighted by atomic mass is 16.5. The Morgan fingerprint density at radius 3 is 2.71 bits per heavy atom. The second-order valence-electron chi connectivity index (χ2n) is 6.28. The first kappa shape index (κ1) is 12.4. The Morgan fingerprint density at radius 1 is 1.35 bits per heavy atom. The smallest absolute Gasteiger partial charge is 0.123 e. The molecule has 0 radical (unpaired) electrons. The molecule has 0 bridgehead atoms. The SMILES string of the molecule is CC1(C)Cc2cc(C(C)(C)CCN)ccc2O1. The maximum Gasteiger partial charge on any atom is 0.123 e. The van der Waals surface area contributed by atoms with Gasteiger partial charge in [0.05, 0.1) is 0 Å². The minimum atomic E-state index is -0.0566. The van der Waals surface area contributed by atoms with Gasteiger partial charge >= 0.3 is 0 Å². The van der Waals surface area contributed by atoms with Crippen LogP contribution in [0.15, 0.2) is 18.2 Å². The monoisotopic (exact) mass is 233 g/mol. The Kier molecular flexibility index (Phi) is 2.94. The molecule has 1 aromatic rings. The highest BCUT2D eigenvalue weighted by Gasteiger charge is 2.31. The average Bonchev–Trinajstić information content (AvgIpc) is 2.50. The number of benzene rings is 1. The molecule has 1 aliphatic heterocycles. The Morgan fingerprint density at radius 2 is 2.06 bits per heavy atom. The predicted molar refractivity (Wildman–Crippen MR) is 71.6 cm³/mol. The molecule has 2 nitrogen and oxygen atoms in total. The molecular formula is C15H23NO. The van der Waals surface area contributed by atoms with Crippen LogP contribution in [0.25, 0.3) is 0 Å². The van der Waals surface area contributed by atoms with Crippen molar-refractivity contribution in [3.8, 4) is 5.75 Å². The predicted octanol–water partition coefficient (Wildman–Crippen LogP) is 3.03. The van der Waals surface area contributed by atoms with E-state index in [-0.39, 0.29) is 11.0 Å². The largest absolute Gasteiger partial charge is 0.487 e. The summed E-state index contributed by atoms with van der Waals surface area (Å²) < 4.78 is 5.90. The van der Waals surface area contributed by atoms with Gasteiger partial charge in [0.15, 0.2) is 0 Å². The van der Waals surface area contributed by atoms with Gasteiger partial charge in [0.25, 0.3) is 0 Å². The number of ether oxygens (including phenoxy) is 1. The van der Waals surface area contributed by atoms with Crippen LogP contribution in [-0.2, 0) is 11.8 Å². The van der Waals surface area contributed by atoms with Crippen molar-refractivity contribution >= 4 is 0 Å². The van der Waals surface area contributed by atoms with Crippen LogP contribution in [0.2, 0.25) is 0 Å². The number of fused-ring (bicyclic) bond motifs is 1. The van der Waals surface area contributed by atoms with Crippen LogP contribution in [0.5, 0.6) is 5.75 Å². The van der Waals surface area contributed by atoms with Crippen molar-refractivity contribution in [1.29, 1.82) is 0 Å². The third-order valence-electron chi connectivity index (χ3n) is 3.61. The van der Waals surface area contributed by atoms with Crippen LogP contribution in [-0.4, -0.2) is 12.1 Å². The third kappa shape index (κ3) is 2.47. The van der Waals surface area contributed by atoms with Gasteiger partial charge in [-0.25, -0.2) is 0 Å². The summed E-state index contributed by atoms with van der Waals surface area (Å²) in [6.45, 7) is 9.51. The Hall–Kier alpha value is -1.02. The highest BCUT2D eigenvalue weighted by molar-refractivity contribution is 5.43. The van der Waals surface area contributed by atoms with E-state index in [9.17, 15) is 0 Å². The van der Waals surface area contributed by atoms with Gasteiger partial charge in [-0.1, -0.05) is 26.0 Å². The van der Waals surface area contributed by atoms with Crippen molar-refractivity contribution in [2.45, 2.75) is 51.6 Å². The van der Waals surface area contributed by atoms with E-state index in [2.05, 4.69) is 45.9 Å². The maximum absolute atomic E-state index is 5.90. The van der Waals surface area contributed by atoms with Crippen LogP contribution in [0, 0.1) is 0 Å². The number of nitrogens with two attached hydrogens (primary N) is 1. The molecule has 0 saturated carbocycles. The minimum Gasteiger partial charge on any atom is -0.487 e. The van der Waals surface area contributed by atoms with E-state index in [1.54, 1.807) is 0 Å². The van der Waals surface area contributed by atoms with Gasteiger partial charge in [0.1, 0.15) is 11.4 Å². The lowest BCUT2D eigenvalue weighted by atomic mass is 9.80. The van der Waals surface area contributed by atoms with Gasteiger partial charge in [-0.3, -0.25) is 0 Å². The normalized spacial score (nSPS) is 17.7. The van der Waals surface area contributed by atoms with Crippen LogP contribution in [0.3, 0.4) is 0 Å². The third-order valence-corrected chi connectivity index (χ3v) is 3.61. The zero-order valence-electron chi connectivity index (χ0n) is 11.3. The molecule has 0 spiro atoms. The van der Waals surface area contributed by atoms with E-state index in [1.807, 2.05) is 0 Å². The van der Waals surface area contributed by atoms with E-state index in [0.29, 0.717) is 0 Å². The summed E-state index contributed by atoms with van der Waals surface area (Å²) in [6.07, 6.45) is 2.00. The molecule has 0 amide bonds. The second kappa shape index (κ2) is 4.02. The molecule has 0 aliphatic carbocycles. The Bertz CT molecular complexity index is 421. The molecule has 1 aliphatic rings. The molecule has 0 aromatic heterocycles. The van der Waals surface area contributed by atoms with Crippen LogP contribution >= 0.6 is 0 Å². The summed E-state index contributed by atoms with van der Waals surface area (Å²) in [7, 11) is 0. The lowest BCUT2D eigenvalue weighted by Gasteiger charge is -2.25. The summed E-state index contributed by atoms with van der Waals surface area (Å²) in [5.74, 6) is 1.04. The Labute approximate surface area is 104 Å². The first-order valence-corrected chi connectivity index (χ1v) is 6.37. The van der Waals surface area contributed by atoms with E-state index in [4.69, 9.17) is 10.5 Å². The summed E-state index contributed by atoms with van der Waals surface area (Å²) >= 11 is 0. The molecule has 0 unspecified atom stereocenters. The fourth-order valence-corrected chi connectivity index (χ4v) is 2.54. The molecule has 94 valence electrons. The van der Waals surface area contributed by atoms with Gasteiger partial charge in [-0.05, 0) is 49.4 Å². The molecule has 2 heteroatoms. The zero-order valence-corrected chi connectivity index (χ0v) is 11.3. The standard InChI is InChI=1S/C15H23NO/c1-14(2,7-8-16)12-5-6-13-11(9-12)10-15(3,4)17-13/h5-6,9H,7-8,10,16H2,1-4H3. The highest BCUT2D eigenvalue weighted by Crippen LogP contribution is 2.38. The lowest BCUT2D eigenvalue weighted by molar-refractivity contribution is 0.138. The summed E-state index contributed by atoms with van der Waals surface area (Å²) in [5.41, 5.74) is 8.47. The van der Waals surface area contributed by atoms with Crippen molar-refractivity contribution in [3.05, 3.63) is 29.3 Å². The Balaban J connectivity index is 2.30. The first-order valence-electron chi connectivity index (χ1n) is 6.37. The van der Waals surface area contributed by atoms with E-state index in [0.717, 1.165) is 25.1 Å². The number of hydrogen-bond donors (Lipinski definition) is 1. The fourth-order valence-electron chi connectivity index (χ4n) is 2.54. The van der Waals surface area contributed by atoms with Crippen molar-refractivity contribution < 1.29 is 4.74 Å². The van der Waals surface area contributed by atoms with Gasteiger partial charge in [0, 0.05) is 6.42 Å². The molecule has 1 aromatic carbocycles. The van der Waals surface area contributed by atoms with Crippen molar-refractivity contribution in [2.24, 2.45) is 5.73 Å². The molecule has 1 heterocycles. The van der Waals surface area contributed by atoms with Crippen LogP contribution in [0.1, 0.15) is 45.2 Å². The van der Waals surface area contributed by atoms with E-state index >= 15 is 0 Å². The summed E-state index contributed by atoms with van der Waals surface area (Å²) in [5, 5.41) is 0. The molecule has 2 rings (SSSR count). The van der Waals surface area contributed by atoms with Crippen molar-refractivity contribution in [3.63, 3.8) is 0 Å². The molecular weight excluding hydrogens is 210 g/mol. The molecule has 0 saturated heterocycles. The zero-order chi connectivity index (χ0) is 12.7. The fraction of sp³-hybridized carbons (Fsp3) is 0.600. The maximum atomic E-state index is 5.90. The van der Waals surface area contributed by atoms with E-state index in [1.165, 1.54) is 11.1 Å². The van der Waals surface area contributed by atoms with Crippen molar-refractivity contribution in [1.82, 2.24) is 0 Å². The molecule has 17 heavy (non-hydrogen) atoms. The molecule has 0 atom stereocenters. The minimum absolute atomic E-state index is 0.0566.